The number of esters is 1. The highest BCUT2D eigenvalue weighted by Gasteiger charge is 2.12. The predicted octanol–water partition coefficient (Wildman–Crippen LogP) is 4.02. The second-order valence-electron chi connectivity index (χ2n) is 4.69. The minimum atomic E-state index is -0.374. The van der Waals surface area contributed by atoms with Gasteiger partial charge in [0, 0.05) is 17.1 Å². The topological polar surface area (TPSA) is 55.7 Å². The number of methoxy groups -OCH3 is 1. The normalized spacial score (nSPS) is 12.0. The van der Waals surface area contributed by atoms with Crippen molar-refractivity contribution >= 4 is 28.5 Å². The molecule has 0 aliphatic rings. The van der Waals surface area contributed by atoms with Crippen molar-refractivity contribution in [3.63, 3.8) is 0 Å². The second-order valence-corrected chi connectivity index (χ2v) is 5.79. The third-order valence-corrected chi connectivity index (χ3v) is 4.36. The summed E-state index contributed by atoms with van der Waals surface area (Å²) in [6, 6.07) is 14.0. The first-order valence-corrected chi connectivity index (χ1v) is 7.72. The van der Waals surface area contributed by atoms with Gasteiger partial charge in [-0.15, -0.1) is 11.8 Å². The van der Waals surface area contributed by atoms with Gasteiger partial charge in [-0.2, -0.15) is 4.91 Å². The van der Waals surface area contributed by atoms with E-state index in [1.54, 1.807) is 11.8 Å². The monoisotopic (exact) mass is 303 g/mol. The largest absolute Gasteiger partial charge is 0.469 e. The lowest BCUT2D eigenvalue weighted by molar-refractivity contribution is -0.140. The van der Waals surface area contributed by atoms with E-state index < -0.39 is 0 Å². The molecule has 1 unspecified atom stereocenters. The third-order valence-electron chi connectivity index (χ3n) is 3.22. The summed E-state index contributed by atoms with van der Waals surface area (Å²) < 4.78 is 4.57. The van der Waals surface area contributed by atoms with Gasteiger partial charge in [0.1, 0.15) is 6.04 Å². The lowest BCUT2D eigenvalue weighted by Crippen LogP contribution is -2.11. The molecule has 0 bridgehead atoms. The lowest BCUT2D eigenvalue weighted by Gasteiger charge is -2.08. The molecule has 0 amide bonds. The Morgan fingerprint density at radius 3 is 2.71 bits per heavy atom. The van der Waals surface area contributed by atoms with Crippen LogP contribution in [-0.4, -0.2) is 24.9 Å². The summed E-state index contributed by atoms with van der Waals surface area (Å²) >= 11 is 1.58. The Labute approximate surface area is 127 Å². The molecule has 1 atom stereocenters. The summed E-state index contributed by atoms with van der Waals surface area (Å²) in [6.45, 7) is 0. The van der Waals surface area contributed by atoms with Crippen LogP contribution in [0.5, 0.6) is 0 Å². The maximum absolute atomic E-state index is 11.1. The van der Waals surface area contributed by atoms with Crippen LogP contribution in [-0.2, 0) is 9.53 Å². The van der Waals surface area contributed by atoms with Crippen LogP contribution in [0.15, 0.2) is 52.5 Å². The van der Waals surface area contributed by atoms with Crippen LogP contribution in [0.3, 0.4) is 0 Å². The number of nitrogens with zero attached hydrogens (tertiary/aromatic N) is 1. The van der Waals surface area contributed by atoms with Gasteiger partial charge in [0.05, 0.1) is 7.11 Å². The van der Waals surface area contributed by atoms with Gasteiger partial charge < -0.3 is 4.74 Å². The number of benzene rings is 2. The van der Waals surface area contributed by atoms with Crippen molar-refractivity contribution in [2.45, 2.75) is 23.8 Å². The summed E-state index contributed by atoms with van der Waals surface area (Å²) in [6.07, 6.45) is 0.655. The molecule has 4 nitrogen and oxygen atoms in total. The molecule has 110 valence electrons. The molecule has 0 aliphatic heterocycles. The number of carbonyl (C=O) groups excluding carboxylic acids is 1. The Bertz CT molecular complexity index is 630. The quantitative estimate of drug-likeness (QED) is 0.440. The average molecular weight is 303 g/mol. The van der Waals surface area contributed by atoms with Gasteiger partial charge in [0.15, 0.2) is 0 Å². The minimum absolute atomic E-state index is 0.227. The van der Waals surface area contributed by atoms with Crippen LogP contribution >= 0.6 is 11.8 Å². The average Bonchev–Trinajstić information content (AvgIpc) is 2.54. The van der Waals surface area contributed by atoms with Gasteiger partial charge in [-0.3, -0.25) is 4.79 Å². The number of hydrogen-bond acceptors (Lipinski definition) is 5. The number of fused-ring (bicyclic) bond motifs is 1. The van der Waals surface area contributed by atoms with Crippen molar-refractivity contribution in [2.24, 2.45) is 5.18 Å². The summed E-state index contributed by atoms with van der Waals surface area (Å²) in [5.74, 6) is 0.262. The lowest BCUT2D eigenvalue weighted by atomic mass is 10.1. The summed E-state index contributed by atoms with van der Waals surface area (Å²) in [7, 11) is 1.34. The smallest absolute Gasteiger partial charge is 0.305 e. The van der Waals surface area contributed by atoms with E-state index in [1.807, 2.05) is 18.2 Å². The third kappa shape index (κ3) is 4.56. The Kier molecular flexibility index (Phi) is 5.75. The molecule has 0 aliphatic carbocycles. The van der Waals surface area contributed by atoms with E-state index in [-0.39, 0.29) is 18.4 Å². The zero-order chi connectivity index (χ0) is 15.1. The molecule has 0 aromatic heterocycles. The van der Waals surface area contributed by atoms with E-state index in [0.29, 0.717) is 12.2 Å². The van der Waals surface area contributed by atoms with E-state index in [0.717, 1.165) is 4.90 Å². The SMILES string of the molecule is COC(=O)CCC(CSc1ccc2ccccc2c1)N=O. The Morgan fingerprint density at radius 1 is 1.24 bits per heavy atom. The van der Waals surface area contributed by atoms with Crippen molar-refractivity contribution in [2.75, 3.05) is 12.9 Å². The van der Waals surface area contributed by atoms with E-state index in [1.165, 1.54) is 17.9 Å². The highest BCUT2D eigenvalue weighted by molar-refractivity contribution is 7.99. The molecule has 0 heterocycles. The van der Waals surface area contributed by atoms with Crippen molar-refractivity contribution in [1.29, 1.82) is 0 Å². The van der Waals surface area contributed by atoms with Crippen LogP contribution in [0.2, 0.25) is 0 Å². The fourth-order valence-corrected chi connectivity index (χ4v) is 2.99. The summed E-state index contributed by atoms with van der Waals surface area (Å²) in [5.41, 5.74) is 0. The van der Waals surface area contributed by atoms with Gasteiger partial charge in [0.25, 0.3) is 0 Å². The maximum atomic E-state index is 11.1. The number of rotatable bonds is 7. The van der Waals surface area contributed by atoms with Crippen LogP contribution in [0.25, 0.3) is 10.8 Å². The summed E-state index contributed by atoms with van der Waals surface area (Å²) in [4.78, 5) is 23.0. The van der Waals surface area contributed by atoms with Gasteiger partial charge in [-0.25, -0.2) is 0 Å². The first-order valence-electron chi connectivity index (χ1n) is 6.74. The van der Waals surface area contributed by atoms with Crippen LogP contribution in [0, 0.1) is 4.91 Å². The second kappa shape index (κ2) is 7.78. The minimum Gasteiger partial charge on any atom is -0.469 e. The first kappa shape index (κ1) is 15.5. The van der Waals surface area contributed by atoms with Gasteiger partial charge in [0.2, 0.25) is 0 Å². The van der Waals surface area contributed by atoms with Crippen molar-refractivity contribution in [1.82, 2.24) is 0 Å². The summed E-state index contributed by atoms with van der Waals surface area (Å²) in [5, 5.41) is 5.46. The fourth-order valence-electron chi connectivity index (χ4n) is 2.00. The Morgan fingerprint density at radius 2 is 2.00 bits per heavy atom. The highest BCUT2D eigenvalue weighted by atomic mass is 32.2. The van der Waals surface area contributed by atoms with Crippen molar-refractivity contribution < 1.29 is 9.53 Å². The molecule has 0 spiro atoms. The van der Waals surface area contributed by atoms with Crippen molar-refractivity contribution in [3.8, 4) is 0 Å². The van der Waals surface area contributed by atoms with Gasteiger partial charge in [-0.05, 0) is 29.3 Å². The zero-order valence-electron chi connectivity index (χ0n) is 11.8. The highest BCUT2D eigenvalue weighted by Crippen LogP contribution is 2.25. The fraction of sp³-hybridized carbons (Fsp3) is 0.312. The molecular weight excluding hydrogens is 286 g/mol. The molecule has 0 N–H and O–H groups in total. The molecule has 0 fully saturated rings. The number of thioether (sulfide) groups is 1. The van der Waals surface area contributed by atoms with Crippen LogP contribution < -0.4 is 0 Å². The Balaban J connectivity index is 1.93. The molecule has 2 rings (SSSR count). The number of nitroso groups, excluding NO2 is 1. The standard InChI is InChI=1S/C16H17NO3S/c1-20-16(18)9-7-14(17-19)11-21-15-8-6-12-4-2-3-5-13(12)10-15/h2-6,8,10,14H,7,9,11H2,1H3. The van der Waals surface area contributed by atoms with E-state index >= 15 is 0 Å². The molecule has 0 saturated heterocycles. The first-order chi connectivity index (χ1) is 10.2. The maximum Gasteiger partial charge on any atom is 0.305 e. The number of carbonyl (C=O) groups is 1. The zero-order valence-corrected chi connectivity index (χ0v) is 12.6. The predicted molar refractivity (Wildman–Crippen MR) is 85.5 cm³/mol. The number of ether oxygens (including phenoxy) is 1. The van der Waals surface area contributed by atoms with Crippen molar-refractivity contribution in [3.05, 3.63) is 47.4 Å². The molecule has 2 aromatic carbocycles. The molecule has 5 heteroatoms. The molecular formula is C16H17NO3S. The Hall–Kier alpha value is -1.88. The van der Waals surface area contributed by atoms with E-state index in [2.05, 4.69) is 34.2 Å². The molecule has 2 aromatic rings. The molecule has 21 heavy (non-hydrogen) atoms. The number of hydrogen-bond donors (Lipinski definition) is 0. The van der Waals surface area contributed by atoms with Crippen LogP contribution in [0.4, 0.5) is 0 Å². The molecule has 0 radical (unpaired) electrons. The van der Waals surface area contributed by atoms with Crippen LogP contribution in [0.1, 0.15) is 12.8 Å². The molecule has 0 saturated carbocycles. The van der Waals surface area contributed by atoms with Gasteiger partial charge >= 0.3 is 5.97 Å². The van der Waals surface area contributed by atoms with Gasteiger partial charge in [-0.1, -0.05) is 35.5 Å². The van der Waals surface area contributed by atoms with E-state index in [9.17, 15) is 9.70 Å². The van der Waals surface area contributed by atoms with E-state index in [4.69, 9.17) is 0 Å².